The quantitative estimate of drug-likeness (QED) is 0.664. The molecule has 6 nitrogen and oxygen atoms in total. The zero-order chi connectivity index (χ0) is 18.9. The second-order valence-corrected chi connectivity index (χ2v) is 7.70. The van der Waals surface area contributed by atoms with Crippen molar-refractivity contribution >= 4 is 17.7 Å². The van der Waals surface area contributed by atoms with Crippen molar-refractivity contribution in [3.8, 4) is 5.88 Å². The first-order valence-electron chi connectivity index (χ1n) is 9.23. The van der Waals surface area contributed by atoms with Crippen molar-refractivity contribution in [2.75, 3.05) is 20.3 Å². The Balaban J connectivity index is 1.54. The topological polar surface area (TPSA) is 73.3 Å². The molecule has 1 amide bonds. The lowest BCUT2D eigenvalue weighted by Gasteiger charge is -2.12. The van der Waals surface area contributed by atoms with Crippen molar-refractivity contribution in [3.63, 3.8) is 0 Å². The van der Waals surface area contributed by atoms with Gasteiger partial charge in [0.05, 0.1) is 12.2 Å². The lowest BCUT2D eigenvalue weighted by atomic mass is 10.2. The smallest absolute Gasteiger partial charge is 0.254 e. The molecule has 2 aromatic rings. The van der Waals surface area contributed by atoms with Crippen LogP contribution in [0.4, 0.5) is 0 Å². The second kappa shape index (κ2) is 10.3. The molecular weight excluding hydrogens is 362 g/mol. The van der Waals surface area contributed by atoms with Gasteiger partial charge in [-0.2, -0.15) is 0 Å². The molecule has 0 spiro atoms. The van der Waals surface area contributed by atoms with Gasteiger partial charge in [-0.1, -0.05) is 18.9 Å². The third kappa shape index (κ3) is 5.94. The number of hydrogen-bond donors (Lipinski definition) is 1. The molecule has 2 heterocycles. The molecule has 0 saturated heterocycles. The van der Waals surface area contributed by atoms with Crippen molar-refractivity contribution in [3.05, 3.63) is 47.8 Å². The highest BCUT2D eigenvalue weighted by atomic mass is 32.2. The minimum Gasteiger partial charge on any atom is -0.475 e. The van der Waals surface area contributed by atoms with Crippen molar-refractivity contribution in [2.24, 2.45) is 0 Å². The maximum absolute atomic E-state index is 12.6. The van der Waals surface area contributed by atoms with Crippen molar-refractivity contribution in [1.82, 2.24) is 15.3 Å². The van der Waals surface area contributed by atoms with Gasteiger partial charge in [-0.3, -0.25) is 4.79 Å². The fraction of sp³-hybridized carbons (Fsp3) is 0.450. The Morgan fingerprint density at radius 1 is 1.22 bits per heavy atom. The second-order valence-electron chi connectivity index (χ2n) is 6.41. The van der Waals surface area contributed by atoms with Crippen LogP contribution >= 0.6 is 11.8 Å². The number of carbonyl (C=O) groups excluding carboxylic acids is 1. The lowest BCUT2D eigenvalue weighted by molar-refractivity contribution is 0.0947. The van der Waals surface area contributed by atoms with Crippen LogP contribution in [-0.4, -0.2) is 41.4 Å². The molecule has 0 atom stereocenters. The average Bonchev–Trinajstić information content (AvgIpc) is 3.21. The average molecular weight is 388 g/mol. The van der Waals surface area contributed by atoms with Crippen LogP contribution in [0.2, 0.25) is 0 Å². The van der Waals surface area contributed by atoms with Crippen LogP contribution in [0.1, 0.15) is 41.6 Å². The summed E-state index contributed by atoms with van der Waals surface area (Å²) in [6, 6.07) is 7.33. The maximum Gasteiger partial charge on any atom is 0.254 e. The SMILES string of the molecule is COCCOc1ccc(CNC(=O)c2cccnc2SC2CCCC2)cn1. The van der Waals surface area contributed by atoms with E-state index in [4.69, 9.17) is 9.47 Å². The largest absolute Gasteiger partial charge is 0.475 e. The summed E-state index contributed by atoms with van der Waals surface area (Å²) in [6.07, 6.45) is 8.40. The fourth-order valence-corrected chi connectivity index (χ4v) is 4.22. The number of hydrogen-bond acceptors (Lipinski definition) is 6. The van der Waals surface area contributed by atoms with E-state index in [-0.39, 0.29) is 5.91 Å². The molecule has 144 valence electrons. The number of methoxy groups -OCH3 is 1. The van der Waals surface area contributed by atoms with Gasteiger partial charge in [-0.15, -0.1) is 11.8 Å². The normalized spacial score (nSPS) is 14.3. The molecule has 1 N–H and O–H groups in total. The van der Waals surface area contributed by atoms with E-state index in [1.807, 2.05) is 12.1 Å². The monoisotopic (exact) mass is 387 g/mol. The Morgan fingerprint density at radius 3 is 2.81 bits per heavy atom. The Morgan fingerprint density at radius 2 is 2.07 bits per heavy atom. The van der Waals surface area contributed by atoms with Crippen LogP contribution in [-0.2, 0) is 11.3 Å². The van der Waals surface area contributed by atoms with E-state index in [1.165, 1.54) is 25.7 Å². The number of thioether (sulfide) groups is 1. The molecule has 0 aliphatic heterocycles. The van der Waals surface area contributed by atoms with Crippen LogP contribution in [0.5, 0.6) is 5.88 Å². The molecule has 1 aliphatic carbocycles. The van der Waals surface area contributed by atoms with Crippen LogP contribution in [0, 0.1) is 0 Å². The highest BCUT2D eigenvalue weighted by Gasteiger charge is 2.20. The first-order valence-corrected chi connectivity index (χ1v) is 10.1. The first kappa shape index (κ1) is 19.6. The van der Waals surface area contributed by atoms with Gasteiger partial charge in [0.25, 0.3) is 5.91 Å². The Kier molecular flexibility index (Phi) is 7.47. The molecule has 0 aromatic carbocycles. The number of ether oxygens (including phenoxy) is 2. The highest BCUT2D eigenvalue weighted by molar-refractivity contribution is 7.99. The van der Waals surface area contributed by atoms with Gasteiger partial charge in [-0.05, 0) is 30.5 Å². The van der Waals surface area contributed by atoms with Gasteiger partial charge < -0.3 is 14.8 Å². The van der Waals surface area contributed by atoms with Gasteiger partial charge in [-0.25, -0.2) is 9.97 Å². The summed E-state index contributed by atoms with van der Waals surface area (Å²) in [5, 5.41) is 4.35. The number of pyridine rings is 2. The van der Waals surface area contributed by atoms with Gasteiger partial charge in [0, 0.05) is 37.4 Å². The number of nitrogens with one attached hydrogen (secondary N) is 1. The van der Waals surface area contributed by atoms with Crippen molar-refractivity contribution in [1.29, 1.82) is 0 Å². The van der Waals surface area contributed by atoms with Crippen LogP contribution in [0.25, 0.3) is 0 Å². The van der Waals surface area contributed by atoms with Gasteiger partial charge in [0.1, 0.15) is 11.6 Å². The zero-order valence-electron chi connectivity index (χ0n) is 15.5. The summed E-state index contributed by atoms with van der Waals surface area (Å²) < 4.78 is 10.4. The van der Waals surface area contributed by atoms with Crippen molar-refractivity contribution < 1.29 is 14.3 Å². The standard InChI is InChI=1S/C20H25N3O3S/c1-25-11-12-26-18-9-8-15(13-22-18)14-23-19(24)17-7-4-10-21-20(17)27-16-5-2-3-6-16/h4,7-10,13,16H,2-3,5-6,11-12,14H2,1H3,(H,23,24). The van der Waals surface area contributed by atoms with Gasteiger partial charge in [0.2, 0.25) is 5.88 Å². The first-order chi connectivity index (χ1) is 13.3. The fourth-order valence-electron chi connectivity index (χ4n) is 2.93. The van der Waals surface area contributed by atoms with E-state index in [9.17, 15) is 4.79 Å². The van der Waals surface area contributed by atoms with E-state index in [0.29, 0.717) is 36.5 Å². The van der Waals surface area contributed by atoms with E-state index in [2.05, 4.69) is 15.3 Å². The summed E-state index contributed by atoms with van der Waals surface area (Å²) in [7, 11) is 1.63. The summed E-state index contributed by atoms with van der Waals surface area (Å²) >= 11 is 1.73. The lowest BCUT2D eigenvalue weighted by Crippen LogP contribution is -2.24. The summed E-state index contributed by atoms with van der Waals surface area (Å²) in [5.41, 5.74) is 1.55. The van der Waals surface area contributed by atoms with E-state index in [1.54, 1.807) is 43.4 Å². The molecule has 0 bridgehead atoms. The minimum atomic E-state index is -0.107. The molecule has 27 heavy (non-hydrogen) atoms. The molecule has 1 aliphatic rings. The van der Waals surface area contributed by atoms with Gasteiger partial charge >= 0.3 is 0 Å². The third-order valence-corrected chi connectivity index (χ3v) is 5.74. The molecule has 2 aromatic heterocycles. The predicted octanol–water partition coefficient (Wildman–Crippen LogP) is 3.47. The number of carbonyl (C=O) groups is 1. The van der Waals surface area contributed by atoms with Crippen molar-refractivity contribution in [2.45, 2.75) is 42.5 Å². The molecule has 3 rings (SSSR count). The number of aromatic nitrogens is 2. The molecule has 7 heteroatoms. The summed E-state index contributed by atoms with van der Waals surface area (Å²) in [4.78, 5) is 21.3. The Hall–Kier alpha value is -2.12. The number of rotatable bonds is 9. The van der Waals surface area contributed by atoms with Gasteiger partial charge in [0.15, 0.2) is 0 Å². The van der Waals surface area contributed by atoms with Crippen LogP contribution < -0.4 is 10.1 Å². The van der Waals surface area contributed by atoms with E-state index < -0.39 is 0 Å². The Bertz CT molecular complexity index is 734. The highest BCUT2D eigenvalue weighted by Crippen LogP contribution is 2.35. The summed E-state index contributed by atoms with van der Waals surface area (Å²) in [6.45, 7) is 1.39. The molecule has 1 saturated carbocycles. The van der Waals surface area contributed by atoms with Crippen LogP contribution in [0.15, 0.2) is 41.7 Å². The predicted molar refractivity (Wildman–Crippen MR) is 105 cm³/mol. The molecule has 0 unspecified atom stereocenters. The number of amides is 1. The minimum absolute atomic E-state index is 0.107. The Labute approximate surface area is 164 Å². The number of nitrogens with zero attached hydrogens (tertiary/aromatic N) is 2. The van der Waals surface area contributed by atoms with E-state index >= 15 is 0 Å². The van der Waals surface area contributed by atoms with Crippen LogP contribution in [0.3, 0.4) is 0 Å². The third-order valence-electron chi connectivity index (χ3n) is 4.38. The molecule has 1 fully saturated rings. The summed E-state index contributed by atoms with van der Waals surface area (Å²) in [5.74, 6) is 0.439. The van der Waals surface area contributed by atoms with E-state index in [0.717, 1.165) is 10.6 Å². The molecule has 0 radical (unpaired) electrons. The zero-order valence-corrected chi connectivity index (χ0v) is 16.3. The molecular formula is C20H25N3O3S. The maximum atomic E-state index is 12.6.